The van der Waals surface area contributed by atoms with E-state index < -0.39 is 5.60 Å². The lowest BCUT2D eigenvalue weighted by atomic mass is 10.0. The summed E-state index contributed by atoms with van der Waals surface area (Å²) in [4.78, 5) is 24.5. The quantitative estimate of drug-likeness (QED) is 0.730. The van der Waals surface area contributed by atoms with Gasteiger partial charge in [0.2, 0.25) is 5.91 Å². The number of likely N-dealkylation sites (tertiary alicyclic amines) is 1. The van der Waals surface area contributed by atoms with Crippen LogP contribution in [0.4, 0.5) is 4.79 Å². The van der Waals surface area contributed by atoms with Gasteiger partial charge in [-0.05, 0) is 34.1 Å². The summed E-state index contributed by atoms with van der Waals surface area (Å²) in [6.07, 6.45) is 0.249. The molecule has 5 nitrogen and oxygen atoms in total. The summed E-state index contributed by atoms with van der Waals surface area (Å²) in [5, 5.41) is 0. The number of hydrogen-bond acceptors (Lipinski definition) is 3. The second-order valence-corrected chi connectivity index (χ2v) is 5.21. The molecule has 1 fully saturated rings. The highest BCUT2D eigenvalue weighted by Gasteiger charge is 2.38. The molecular formula is C11H20N2O3. The predicted molar refractivity (Wildman–Crippen MR) is 59.7 cm³/mol. The van der Waals surface area contributed by atoms with Crippen LogP contribution in [0.1, 0.15) is 34.1 Å². The van der Waals surface area contributed by atoms with Crippen LogP contribution in [0, 0.1) is 5.92 Å². The Kier molecular flexibility index (Phi) is 3.45. The van der Waals surface area contributed by atoms with Gasteiger partial charge in [0.05, 0.1) is 5.92 Å². The number of carbonyl (C=O) groups is 2. The lowest BCUT2D eigenvalue weighted by molar-refractivity contribution is -0.122. The lowest BCUT2D eigenvalue weighted by Gasteiger charge is -2.27. The normalized spacial score (nSPS) is 25.6. The fraction of sp³-hybridized carbons (Fsp3) is 0.818. The monoisotopic (exact) mass is 228 g/mol. The summed E-state index contributed by atoms with van der Waals surface area (Å²) in [5.41, 5.74) is 4.75. The molecule has 92 valence electrons. The minimum absolute atomic E-state index is 0.174. The van der Waals surface area contributed by atoms with Gasteiger partial charge in [-0.2, -0.15) is 0 Å². The zero-order valence-corrected chi connectivity index (χ0v) is 10.3. The Balaban J connectivity index is 2.63. The Morgan fingerprint density at radius 1 is 1.38 bits per heavy atom. The molecule has 0 unspecified atom stereocenters. The van der Waals surface area contributed by atoms with Crippen LogP contribution in [0.3, 0.4) is 0 Å². The molecule has 0 aromatic rings. The molecule has 2 atom stereocenters. The second-order valence-electron chi connectivity index (χ2n) is 5.21. The van der Waals surface area contributed by atoms with E-state index in [1.54, 1.807) is 4.90 Å². The minimum Gasteiger partial charge on any atom is -0.444 e. The summed E-state index contributed by atoms with van der Waals surface area (Å²) in [7, 11) is 0. The fourth-order valence-corrected chi connectivity index (χ4v) is 1.90. The van der Waals surface area contributed by atoms with Crippen molar-refractivity contribution in [3.05, 3.63) is 0 Å². The summed E-state index contributed by atoms with van der Waals surface area (Å²) in [6, 6.07) is -0.174. The third kappa shape index (κ3) is 2.87. The SMILES string of the molecule is C[C@H]1[C@@H](C(N)=O)CCN1C(=O)OC(C)(C)C. The van der Waals surface area contributed by atoms with Gasteiger partial charge in [0.25, 0.3) is 0 Å². The van der Waals surface area contributed by atoms with Crippen molar-refractivity contribution in [2.24, 2.45) is 11.7 Å². The first-order valence-corrected chi connectivity index (χ1v) is 5.51. The number of nitrogens with zero attached hydrogens (tertiary/aromatic N) is 1. The molecule has 0 radical (unpaired) electrons. The molecule has 1 aliphatic heterocycles. The molecule has 0 saturated carbocycles. The van der Waals surface area contributed by atoms with Crippen LogP contribution in [-0.4, -0.2) is 35.1 Å². The van der Waals surface area contributed by atoms with Gasteiger partial charge in [-0.1, -0.05) is 0 Å². The van der Waals surface area contributed by atoms with Gasteiger partial charge < -0.3 is 15.4 Å². The van der Waals surface area contributed by atoms with Gasteiger partial charge in [0.1, 0.15) is 5.60 Å². The number of hydrogen-bond donors (Lipinski definition) is 1. The highest BCUT2D eigenvalue weighted by Crippen LogP contribution is 2.25. The van der Waals surface area contributed by atoms with E-state index in [0.29, 0.717) is 13.0 Å². The van der Waals surface area contributed by atoms with E-state index in [4.69, 9.17) is 10.5 Å². The van der Waals surface area contributed by atoms with Crippen LogP contribution in [0.25, 0.3) is 0 Å². The molecule has 5 heteroatoms. The maximum atomic E-state index is 11.8. The number of carbonyl (C=O) groups excluding carboxylic acids is 2. The predicted octanol–water partition coefficient (Wildman–Crippen LogP) is 1.12. The molecule has 0 aromatic carbocycles. The van der Waals surface area contributed by atoms with Crippen molar-refractivity contribution in [1.29, 1.82) is 0 Å². The maximum Gasteiger partial charge on any atom is 0.410 e. The molecule has 2 N–H and O–H groups in total. The lowest BCUT2D eigenvalue weighted by Crippen LogP contribution is -2.42. The first-order valence-electron chi connectivity index (χ1n) is 5.51. The fourth-order valence-electron chi connectivity index (χ4n) is 1.90. The topological polar surface area (TPSA) is 72.6 Å². The zero-order chi connectivity index (χ0) is 12.5. The van der Waals surface area contributed by atoms with E-state index in [1.807, 2.05) is 27.7 Å². The van der Waals surface area contributed by atoms with Crippen molar-refractivity contribution in [2.45, 2.75) is 45.8 Å². The molecule has 0 aliphatic carbocycles. The zero-order valence-electron chi connectivity index (χ0n) is 10.3. The van der Waals surface area contributed by atoms with Crippen LogP contribution in [0.2, 0.25) is 0 Å². The maximum absolute atomic E-state index is 11.8. The average Bonchev–Trinajstić information content (AvgIpc) is 2.43. The van der Waals surface area contributed by atoms with Crippen molar-refractivity contribution in [3.63, 3.8) is 0 Å². The van der Waals surface area contributed by atoms with E-state index in [9.17, 15) is 9.59 Å². The Morgan fingerprint density at radius 3 is 2.31 bits per heavy atom. The van der Waals surface area contributed by atoms with E-state index in [2.05, 4.69) is 0 Å². The van der Waals surface area contributed by atoms with Gasteiger partial charge in [0, 0.05) is 12.6 Å². The first kappa shape index (κ1) is 12.8. The highest BCUT2D eigenvalue weighted by atomic mass is 16.6. The third-order valence-electron chi connectivity index (χ3n) is 2.75. The van der Waals surface area contributed by atoms with Crippen LogP contribution < -0.4 is 5.73 Å². The standard InChI is InChI=1S/C11H20N2O3/c1-7-8(9(12)14)5-6-13(7)10(15)16-11(2,3)4/h7-8H,5-6H2,1-4H3,(H2,12,14)/t7-,8-/m0/s1. The van der Waals surface area contributed by atoms with Crippen LogP contribution in [0.15, 0.2) is 0 Å². The molecule has 1 heterocycles. The van der Waals surface area contributed by atoms with Crippen LogP contribution in [-0.2, 0) is 9.53 Å². The molecular weight excluding hydrogens is 208 g/mol. The molecule has 1 saturated heterocycles. The number of rotatable bonds is 1. The molecule has 1 rings (SSSR count). The Labute approximate surface area is 95.9 Å². The van der Waals surface area contributed by atoms with Crippen LogP contribution in [0.5, 0.6) is 0 Å². The second kappa shape index (κ2) is 4.31. The number of primary amides is 1. The summed E-state index contributed by atoms with van der Waals surface area (Å²) in [5.74, 6) is -0.605. The Morgan fingerprint density at radius 2 is 1.94 bits per heavy atom. The largest absolute Gasteiger partial charge is 0.444 e. The minimum atomic E-state index is -0.512. The molecule has 16 heavy (non-hydrogen) atoms. The molecule has 2 amide bonds. The van der Waals surface area contributed by atoms with E-state index in [1.165, 1.54) is 0 Å². The summed E-state index contributed by atoms with van der Waals surface area (Å²) in [6.45, 7) is 7.81. The van der Waals surface area contributed by atoms with Crippen molar-refractivity contribution in [1.82, 2.24) is 4.90 Å². The van der Waals surface area contributed by atoms with E-state index in [0.717, 1.165) is 0 Å². The van der Waals surface area contributed by atoms with Gasteiger partial charge >= 0.3 is 6.09 Å². The smallest absolute Gasteiger partial charge is 0.410 e. The summed E-state index contributed by atoms with van der Waals surface area (Å²) < 4.78 is 5.25. The van der Waals surface area contributed by atoms with Crippen molar-refractivity contribution >= 4 is 12.0 Å². The molecule has 1 aliphatic rings. The Bertz CT molecular complexity index is 296. The van der Waals surface area contributed by atoms with Crippen LogP contribution >= 0.6 is 0 Å². The van der Waals surface area contributed by atoms with Gasteiger partial charge in [-0.25, -0.2) is 4.79 Å². The molecule has 0 spiro atoms. The van der Waals surface area contributed by atoms with Crippen molar-refractivity contribution < 1.29 is 14.3 Å². The highest BCUT2D eigenvalue weighted by molar-refractivity contribution is 5.79. The van der Waals surface area contributed by atoms with Gasteiger partial charge in [0.15, 0.2) is 0 Å². The number of amides is 2. The van der Waals surface area contributed by atoms with Gasteiger partial charge in [-0.3, -0.25) is 4.79 Å². The summed E-state index contributed by atoms with van der Waals surface area (Å²) >= 11 is 0. The average molecular weight is 228 g/mol. The molecule has 0 aromatic heterocycles. The number of nitrogens with two attached hydrogens (primary N) is 1. The van der Waals surface area contributed by atoms with Crippen molar-refractivity contribution in [3.8, 4) is 0 Å². The number of ether oxygens (including phenoxy) is 1. The third-order valence-corrected chi connectivity index (χ3v) is 2.75. The van der Waals surface area contributed by atoms with Gasteiger partial charge in [-0.15, -0.1) is 0 Å². The molecule has 0 bridgehead atoms. The van der Waals surface area contributed by atoms with Crippen molar-refractivity contribution in [2.75, 3.05) is 6.54 Å². The first-order chi connectivity index (χ1) is 7.22. The van der Waals surface area contributed by atoms with E-state index >= 15 is 0 Å². The Hall–Kier alpha value is -1.26. The van der Waals surface area contributed by atoms with E-state index in [-0.39, 0.29) is 24.0 Å².